The minimum atomic E-state index is -1.30. The number of nitrogens with one attached hydrogen (secondary N) is 3. The van der Waals surface area contributed by atoms with E-state index in [-0.39, 0.29) is 25.3 Å². The van der Waals surface area contributed by atoms with E-state index >= 15 is 0 Å². The van der Waals surface area contributed by atoms with Crippen molar-refractivity contribution in [3.05, 3.63) is 71.3 Å². The van der Waals surface area contributed by atoms with Crippen LogP contribution in [0.15, 0.2) is 54.6 Å². The van der Waals surface area contributed by atoms with Gasteiger partial charge in [-0.05, 0) is 48.3 Å². The molecule has 0 aliphatic rings. The van der Waals surface area contributed by atoms with Gasteiger partial charge in [0.15, 0.2) is 0 Å². The van der Waals surface area contributed by atoms with Gasteiger partial charge in [-0.1, -0.05) is 74.9 Å². The van der Waals surface area contributed by atoms with E-state index in [4.69, 9.17) is 9.94 Å². The number of amides is 3. The smallest absolute Gasteiger partial charge is 0.405 e. The molecular formula is C28H37N3O6. The van der Waals surface area contributed by atoms with Crippen LogP contribution in [0, 0.1) is 5.92 Å². The lowest BCUT2D eigenvalue weighted by Gasteiger charge is -2.21. The largest absolute Gasteiger partial charge is 0.465 e. The molecule has 0 aliphatic heterocycles. The van der Waals surface area contributed by atoms with Crippen LogP contribution in [0.1, 0.15) is 56.2 Å². The van der Waals surface area contributed by atoms with Crippen molar-refractivity contribution >= 4 is 23.9 Å². The third-order valence-corrected chi connectivity index (χ3v) is 6.09. The Labute approximate surface area is 217 Å². The minimum absolute atomic E-state index is 0.0470. The first-order valence-corrected chi connectivity index (χ1v) is 12.7. The Morgan fingerprint density at radius 1 is 0.892 bits per heavy atom. The van der Waals surface area contributed by atoms with Crippen molar-refractivity contribution in [2.75, 3.05) is 6.54 Å². The second kappa shape index (κ2) is 16.0. The highest BCUT2D eigenvalue weighted by Gasteiger charge is 2.25. The van der Waals surface area contributed by atoms with Gasteiger partial charge in [0, 0.05) is 6.54 Å². The Kier molecular flexibility index (Phi) is 12.7. The maximum Gasteiger partial charge on any atom is 0.405 e. The van der Waals surface area contributed by atoms with Crippen LogP contribution >= 0.6 is 0 Å². The molecule has 2 rings (SSSR count). The molecule has 9 nitrogen and oxygen atoms in total. The molecule has 2 aromatic carbocycles. The predicted octanol–water partition coefficient (Wildman–Crippen LogP) is 3.56. The number of carbonyl (C=O) groups is 4. The Hall–Kier alpha value is -3.88. The monoisotopic (exact) mass is 511 g/mol. The number of unbranched alkanes of at least 4 members (excludes halogenated alkanes) is 1. The van der Waals surface area contributed by atoms with Gasteiger partial charge in [0.25, 0.3) is 5.91 Å². The van der Waals surface area contributed by atoms with E-state index in [2.05, 4.69) is 40.4 Å². The Balaban J connectivity index is 1.63. The summed E-state index contributed by atoms with van der Waals surface area (Å²) in [4.78, 5) is 51.9. The lowest BCUT2D eigenvalue weighted by atomic mass is 9.98. The van der Waals surface area contributed by atoms with Crippen LogP contribution in [0.2, 0.25) is 0 Å². The second-order valence-corrected chi connectivity index (χ2v) is 9.04. The number of aryl methyl sites for hydroxylation is 2. The quantitative estimate of drug-likeness (QED) is 0.226. The molecule has 3 amide bonds. The summed E-state index contributed by atoms with van der Waals surface area (Å²) in [6, 6.07) is 17.3. The summed E-state index contributed by atoms with van der Waals surface area (Å²) in [6.45, 7) is 3.55. The average Bonchev–Trinajstić information content (AvgIpc) is 2.89. The third kappa shape index (κ3) is 11.6. The van der Waals surface area contributed by atoms with Gasteiger partial charge >= 0.3 is 12.1 Å². The van der Waals surface area contributed by atoms with Crippen molar-refractivity contribution in [3.8, 4) is 0 Å². The summed E-state index contributed by atoms with van der Waals surface area (Å²) >= 11 is 0. The fourth-order valence-electron chi connectivity index (χ4n) is 3.75. The molecule has 0 spiro atoms. The highest BCUT2D eigenvalue weighted by atomic mass is 16.7. The molecule has 0 radical (unpaired) electrons. The topological polar surface area (TPSA) is 134 Å². The van der Waals surface area contributed by atoms with E-state index in [0.29, 0.717) is 6.42 Å². The van der Waals surface area contributed by atoms with Gasteiger partial charge in [-0.15, -0.1) is 0 Å². The van der Waals surface area contributed by atoms with Gasteiger partial charge in [0.1, 0.15) is 6.04 Å². The van der Waals surface area contributed by atoms with Crippen LogP contribution < -0.4 is 16.1 Å². The zero-order valence-corrected chi connectivity index (χ0v) is 21.5. The first-order chi connectivity index (χ1) is 17.8. The number of hydrogen-bond acceptors (Lipinski definition) is 5. The first-order valence-electron chi connectivity index (χ1n) is 12.7. The van der Waals surface area contributed by atoms with Crippen molar-refractivity contribution in [1.82, 2.24) is 16.1 Å². The van der Waals surface area contributed by atoms with Crippen molar-refractivity contribution in [1.29, 1.82) is 0 Å². The molecular weight excluding hydrogens is 474 g/mol. The maximum absolute atomic E-state index is 12.2. The van der Waals surface area contributed by atoms with E-state index < -0.39 is 29.9 Å². The molecule has 0 heterocycles. The van der Waals surface area contributed by atoms with Crippen molar-refractivity contribution in [3.63, 3.8) is 0 Å². The second-order valence-electron chi connectivity index (χ2n) is 9.04. The molecule has 200 valence electrons. The number of hydroxylamine groups is 1. The maximum atomic E-state index is 12.2. The molecule has 0 unspecified atom stereocenters. The fraction of sp³-hybridized carbons (Fsp3) is 0.429. The van der Waals surface area contributed by atoms with E-state index in [9.17, 15) is 19.2 Å². The minimum Gasteiger partial charge on any atom is -0.465 e. The number of benzene rings is 2. The summed E-state index contributed by atoms with van der Waals surface area (Å²) < 4.78 is 0. The van der Waals surface area contributed by atoms with Crippen LogP contribution in [0.4, 0.5) is 4.79 Å². The summed E-state index contributed by atoms with van der Waals surface area (Å²) in [5, 5.41) is 13.6. The summed E-state index contributed by atoms with van der Waals surface area (Å²) in [5.74, 6) is -1.91. The number of hydrogen-bond donors (Lipinski definition) is 4. The molecule has 0 aromatic heterocycles. The molecule has 0 saturated carbocycles. The first kappa shape index (κ1) is 29.4. The van der Waals surface area contributed by atoms with Gasteiger partial charge in [0.05, 0.1) is 12.8 Å². The summed E-state index contributed by atoms with van der Waals surface area (Å²) in [5.41, 5.74) is 5.48. The lowest BCUT2D eigenvalue weighted by molar-refractivity contribution is -0.158. The Bertz CT molecular complexity index is 1010. The average molecular weight is 512 g/mol. The van der Waals surface area contributed by atoms with Gasteiger partial charge in [-0.3, -0.25) is 9.59 Å². The molecule has 0 aliphatic carbocycles. The van der Waals surface area contributed by atoms with Gasteiger partial charge in [-0.2, -0.15) is 5.48 Å². The predicted molar refractivity (Wildman–Crippen MR) is 139 cm³/mol. The fourth-order valence-corrected chi connectivity index (χ4v) is 3.75. The zero-order valence-electron chi connectivity index (χ0n) is 21.5. The molecule has 2 atom stereocenters. The van der Waals surface area contributed by atoms with Gasteiger partial charge in [0.2, 0.25) is 5.91 Å². The molecule has 0 bridgehead atoms. The molecule has 4 N–H and O–H groups in total. The van der Waals surface area contributed by atoms with E-state index in [1.165, 1.54) is 11.1 Å². The van der Waals surface area contributed by atoms with E-state index in [1.807, 2.05) is 37.3 Å². The normalized spacial score (nSPS) is 12.2. The van der Waals surface area contributed by atoms with Crippen LogP contribution in [-0.2, 0) is 38.5 Å². The summed E-state index contributed by atoms with van der Waals surface area (Å²) in [7, 11) is 0. The van der Waals surface area contributed by atoms with Crippen LogP contribution in [0.3, 0.4) is 0 Å². The van der Waals surface area contributed by atoms with E-state index in [1.54, 1.807) is 6.92 Å². The van der Waals surface area contributed by atoms with Gasteiger partial charge < -0.3 is 20.6 Å². The van der Waals surface area contributed by atoms with Crippen molar-refractivity contribution in [2.24, 2.45) is 5.92 Å². The molecule has 0 fully saturated rings. The molecule has 9 heteroatoms. The molecule has 37 heavy (non-hydrogen) atoms. The number of carboxylic acid groups (broad SMARTS) is 1. The lowest BCUT2D eigenvalue weighted by Crippen LogP contribution is -2.50. The molecule has 2 aromatic rings. The highest BCUT2D eigenvalue weighted by Crippen LogP contribution is 2.11. The van der Waals surface area contributed by atoms with Crippen LogP contribution in [-0.4, -0.2) is 41.6 Å². The number of carbonyl (C=O) groups excluding carboxylic acids is 3. The third-order valence-electron chi connectivity index (χ3n) is 6.09. The standard InChI is InChI=1S/C28H37N3O6/c1-3-20(2)26(30-28(35)36)27(34)29-18-17-25(33)37-31-24(32)19-23-15-13-22(14-16-23)12-8-7-11-21-9-5-4-6-10-21/h4-6,9-10,13-16,20,26,30H,3,7-8,11-12,17-19H2,1-2H3,(H,29,34)(H,31,32)(H,35,36)/t20-,26-/m0/s1. The van der Waals surface area contributed by atoms with E-state index in [0.717, 1.165) is 31.2 Å². The Morgan fingerprint density at radius 2 is 1.49 bits per heavy atom. The number of rotatable bonds is 14. The highest BCUT2D eigenvalue weighted by molar-refractivity contribution is 5.86. The van der Waals surface area contributed by atoms with Crippen LogP contribution in [0.25, 0.3) is 0 Å². The SMILES string of the molecule is CC[C@H](C)[C@H](NC(=O)O)C(=O)NCCC(=O)ONC(=O)Cc1ccc(CCCCc2ccccc2)cc1. The summed E-state index contributed by atoms with van der Waals surface area (Å²) in [6.07, 6.45) is 3.42. The zero-order chi connectivity index (χ0) is 27.0. The Morgan fingerprint density at radius 3 is 2.08 bits per heavy atom. The van der Waals surface area contributed by atoms with Crippen molar-refractivity contribution < 1.29 is 29.1 Å². The molecule has 0 saturated heterocycles. The van der Waals surface area contributed by atoms with Gasteiger partial charge in [-0.25, -0.2) is 9.59 Å². The van der Waals surface area contributed by atoms with Crippen LogP contribution in [0.5, 0.6) is 0 Å². The van der Waals surface area contributed by atoms with Crippen molar-refractivity contribution in [2.45, 2.75) is 64.8 Å².